The van der Waals surface area contributed by atoms with Crippen molar-refractivity contribution in [2.45, 2.75) is 109 Å². The van der Waals surface area contributed by atoms with Crippen molar-refractivity contribution in [1.82, 2.24) is 0 Å². The van der Waals surface area contributed by atoms with Gasteiger partial charge in [-0.15, -0.1) is 0 Å². The molecule has 2 aromatic rings. The molecular formula is C43H50O12. The molecule has 12 heteroatoms. The highest BCUT2D eigenvalue weighted by Crippen LogP contribution is 2.74. The average molecular weight is 759 g/mol. The van der Waals surface area contributed by atoms with Crippen LogP contribution in [0, 0.1) is 40.4 Å². The van der Waals surface area contributed by atoms with E-state index in [1.165, 1.54) is 6.92 Å². The van der Waals surface area contributed by atoms with E-state index in [0.29, 0.717) is 0 Å². The molecule has 294 valence electrons. The summed E-state index contributed by atoms with van der Waals surface area (Å²) in [6.45, 7) is 11.6. The molecule has 0 amide bonds. The lowest BCUT2D eigenvalue weighted by atomic mass is 9.41. The minimum Gasteiger partial charge on any atom is -0.459 e. The molecule has 7 rings (SSSR count). The Morgan fingerprint density at radius 3 is 2.02 bits per heavy atom. The van der Waals surface area contributed by atoms with Gasteiger partial charge < -0.3 is 33.6 Å². The molecule has 0 radical (unpaired) electrons. The fourth-order valence-electron chi connectivity index (χ4n) is 11.7. The lowest BCUT2D eigenvalue weighted by Gasteiger charge is -2.64. The number of esters is 4. The van der Waals surface area contributed by atoms with Gasteiger partial charge in [0.1, 0.15) is 28.7 Å². The van der Waals surface area contributed by atoms with Crippen LogP contribution < -0.4 is 0 Å². The molecule has 2 heterocycles. The Hall–Kier alpha value is -4.42. The zero-order chi connectivity index (χ0) is 39.9. The topological polar surface area (TPSA) is 169 Å². The summed E-state index contributed by atoms with van der Waals surface area (Å²) in [7, 11) is 0. The van der Waals surface area contributed by atoms with Gasteiger partial charge in [0.15, 0.2) is 18.0 Å². The molecule has 5 fully saturated rings. The molecule has 2 aromatic carbocycles. The molecular weight excluding hydrogens is 708 g/mol. The van der Waals surface area contributed by atoms with E-state index in [-0.39, 0.29) is 55.1 Å². The minimum absolute atomic E-state index is 0.0239. The third-order valence-corrected chi connectivity index (χ3v) is 14.0. The Kier molecular flexibility index (Phi) is 9.44. The van der Waals surface area contributed by atoms with Gasteiger partial charge in [0.2, 0.25) is 0 Å². The van der Waals surface area contributed by atoms with Gasteiger partial charge in [-0.25, -0.2) is 9.59 Å². The number of fused-ring (bicyclic) bond motifs is 2. The van der Waals surface area contributed by atoms with E-state index in [1.54, 1.807) is 88.4 Å². The van der Waals surface area contributed by atoms with E-state index in [1.807, 2.05) is 13.8 Å². The fourth-order valence-corrected chi connectivity index (χ4v) is 11.7. The molecule has 3 aliphatic carbocycles. The van der Waals surface area contributed by atoms with Crippen LogP contribution in [0.3, 0.4) is 0 Å². The lowest BCUT2D eigenvalue weighted by Crippen LogP contribution is -2.75. The van der Waals surface area contributed by atoms with Crippen molar-refractivity contribution in [3.63, 3.8) is 0 Å². The van der Waals surface area contributed by atoms with Gasteiger partial charge in [-0.2, -0.15) is 0 Å². The zero-order valence-electron chi connectivity index (χ0n) is 32.4. The second kappa shape index (κ2) is 13.4. The predicted octanol–water partition coefficient (Wildman–Crippen LogP) is 5.08. The summed E-state index contributed by atoms with van der Waals surface area (Å²) in [5.41, 5.74) is -7.85. The Balaban J connectivity index is 1.54. The van der Waals surface area contributed by atoms with Crippen LogP contribution in [0.2, 0.25) is 0 Å². The summed E-state index contributed by atoms with van der Waals surface area (Å²) >= 11 is 0. The molecule has 12 atom stereocenters. The summed E-state index contributed by atoms with van der Waals surface area (Å²) < 4.78 is 32.1. The van der Waals surface area contributed by atoms with Gasteiger partial charge >= 0.3 is 23.9 Å². The summed E-state index contributed by atoms with van der Waals surface area (Å²) in [5.74, 6) is -7.81. The van der Waals surface area contributed by atoms with Crippen LogP contribution in [0.5, 0.6) is 0 Å². The molecule has 0 aromatic heterocycles. The number of carbonyl (C=O) groups is 6. The van der Waals surface area contributed by atoms with Crippen molar-refractivity contribution in [2.75, 3.05) is 6.61 Å². The molecule has 55 heavy (non-hydrogen) atoms. The molecule has 2 bridgehead atoms. The fraction of sp³-hybridized carbons (Fsp3) is 0.581. The normalized spacial score (nSPS) is 39.7. The van der Waals surface area contributed by atoms with Crippen LogP contribution in [-0.2, 0) is 42.9 Å². The number of rotatable bonds is 8. The third-order valence-electron chi connectivity index (χ3n) is 14.0. The van der Waals surface area contributed by atoms with E-state index in [4.69, 9.17) is 23.7 Å². The van der Waals surface area contributed by atoms with Crippen molar-refractivity contribution in [3.05, 3.63) is 71.8 Å². The number of benzene rings is 2. The molecule has 1 N–H and O–H groups in total. The Labute approximate surface area is 320 Å². The summed E-state index contributed by atoms with van der Waals surface area (Å²) in [6.07, 6.45) is -4.81. The number of hydrogen-bond donors (Lipinski definition) is 1. The minimum atomic E-state index is -1.98. The third kappa shape index (κ3) is 5.60. The Bertz CT molecular complexity index is 1910. The van der Waals surface area contributed by atoms with Crippen LogP contribution in [0.15, 0.2) is 60.7 Å². The van der Waals surface area contributed by atoms with E-state index in [0.717, 1.165) is 0 Å². The van der Waals surface area contributed by atoms with E-state index in [9.17, 15) is 29.1 Å². The van der Waals surface area contributed by atoms with Gasteiger partial charge in [0, 0.05) is 36.0 Å². The molecule has 0 spiro atoms. The molecule has 5 aliphatic rings. The van der Waals surface area contributed by atoms with Gasteiger partial charge in [0.05, 0.1) is 29.6 Å². The van der Waals surface area contributed by atoms with Gasteiger partial charge in [-0.05, 0) is 70.2 Å². The predicted molar refractivity (Wildman–Crippen MR) is 194 cm³/mol. The number of ketones is 2. The van der Waals surface area contributed by atoms with E-state index >= 15 is 4.79 Å². The largest absolute Gasteiger partial charge is 0.459 e. The van der Waals surface area contributed by atoms with Crippen LogP contribution in [0.25, 0.3) is 0 Å². The summed E-state index contributed by atoms with van der Waals surface area (Å²) in [5, 5.41) is 13.4. The number of cyclic esters (lactones) is 1. The molecule has 3 saturated carbocycles. The summed E-state index contributed by atoms with van der Waals surface area (Å²) in [4.78, 5) is 84.2. The Morgan fingerprint density at radius 2 is 1.45 bits per heavy atom. The zero-order valence-corrected chi connectivity index (χ0v) is 32.4. The number of Topliss-reactive ketones (excluding diaryl/α,β-unsaturated/α-hetero) is 2. The second-order valence-corrected chi connectivity index (χ2v) is 17.3. The van der Waals surface area contributed by atoms with Crippen LogP contribution in [-0.4, -0.2) is 82.3 Å². The number of ether oxygens (including phenoxy) is 5. The number of carbonyl (C=O) groups excluding carboxylic acids is 6. The first-order chi connectivity index (χ1) is 25.9. The van der Waals surface area contributed by atoms with Crippen molar-refractivity contribution >= 4 is 35.4 Å². The lowest BCUT2D eigenvalue weighted by molar-refractivity contribution is -0.263. The highest BCUT2D eigenvalue weighted by Gasteiger charge is 2.86. The van der Waals surface area contributed by atoms with Crippen LogP contribution >= 0.6 is 0 Å². The quantitative estimate of drug-likeness (QED) is 0.281. The summed E-state index contributed by atoms with van der Waals surface area (Å²) in [6, 6.07) is 16.4. The van der Waals surface area contributed by atoms with Crippen molar-refractivity contribution < 1.29 is 57.6 Å². The maximum Gasteiger partial charge on any atom is 0.338 e. The molecule has 12 unspecified atom stereocenters. The van der Waals surface area contributed by atoms with Gasteiger partial charge in [-0.1, -0.05) is 57.2 Å². The van der Waals surface area contributed by atoms with Crippen LogP contribution in [0.1, 0.15) is 94.9 Å². The molecule has 2 saturated heterocycles. The van der Waals surface area contributed by atoms with Gasteiger partial charge in [0.25, 0.3) is 0 Å². The van der Waals surface area contributed by atoms with Crippen molar-refractivity contribution in [2.24, 2.45) is 40.4 Å². The second-order valence-electron chi connectivity index (χ2n) is 17.3. The standard InChI is InChI=1S/C43H50O12/c1-8-29(45)52-38-41(7)37-40(6)28(20-30(46)55-39(40,4)5)32(53-35(48)25-15-11-9-12-16-25)33(47)42(37,22-51-41)34(54-36(49)26-17-13-10-14-18-26)31-27(19-24(3)44)23(2)21-43(31,38)50/h9-18,23,27-28,31-32,34,37-38,50H,8,19-22H2,1-7H3. The first-order valence-corrected chi connectivity index (χ1v) is 19.2. The SMILES string of the molecule is CCC(=O)OC1C2(O)CC(C)C(CC(C)=O)C2C(OC(=O)c2ccccc2)C23COC1(C)C2C1(C)C(CC(=O)OC1(C)C)C(OC(=O)c1ccccc1)C3=O. The first kappa shape index (κ1) is 38.8. The number of hydrogen-bond acceptors (Lipinski definition) is 12. The molecule has 12 nitrogen and oxygen atoms in total. The van der Waals surface area contributed by atoms with Crippen LogP contribution in [0.4, 0.5) is 0 Å². The highest BCUT2D eigenvalue weighted by atomic mass is 16.6. The van der Waals surface area contributed by atoms with E-state index in [2.05, 4.69) is 0 Å². The maximum absolute atomic E-state index is 16.0. The highest BCUT2D eigenvalue weighted by molar-refractivity contribution is 5.98. The van der Waals surface area contributed by atoms with E-state index < -0.39 is 99.3 Å². The monoisotopic (exact) mass is 758 g/mol. The van der Waals surface area contributed by atoms with Crippen molar-refractivity contribution in [1.29, 1.82) is 0 Å². The van der Waals surface area contributed by atoms with Crippen molar-refractivity contribution in [3.8, 4) is 0 Å². The Morgan fingerprint density at radius 1 is 0.873 bits per heavy atom. The average Bonchev–Trinajstić information content (AvgIpc) is 3.58. The smallest absolute Gasteiger partial charge is 0.338 e. The molecule has 2 aliphatic heterocycles. The van der Waals surface area contributed by atoms with Gasteiger partial charge in [-0.3, -0.25) is 14.4 Å². The number of aliphatic hydroxyl groups is 1. The maximum atomic E-state index is 16.0. The first-order valence-electron chi connectivity index (χ1n) is 19.2.